The average molecular weight is 422 g/mol. The summed E-state index contributed by atoms with van der Waals surface area (Å²) in [6.07, 6.45) is 0.618. The normalized spacial score (nSPS) is 24.4. The molecule has 0 aromatic heterocycles. The third-order valence-corrected chi connectivity index (χ3v) is 5.99. The number of piperidine rings is 1. The van der Waals surface area contributed by atoms with E-state index in [1.165, 1.54) is 40.1 Å². The smallest absolute Gasteiger partial charge is 0.267 e. The zero-order valence-corrected chi connectivity index (χ0v) is 16.2. The maximum absolute atomic E-state index is 14.9. The van der Waals surface area contributed by atoms with Crippen molar-refractivity contribution in [2.75, 3.05) is 19.6 Å². The largest absolute Gasteiger partial charge is 0.508 e. The van der Waals surface area contributed by atoms with Gasteiger partial charge in [0.05, 0.1) is 18.5 Å². The minimum absolute atomic E-state index is 0.0252. The number of carbonyl (C=O) groups excluding carboxylic acids is 1. The molecule has 0 spiro atoms. The van der Waals surface area contributed by atoms with Gasteiger partial charge in [-0.15, -0.1) is 0 Å². The second-order valence-electron chi connectivity index (χ2n) is 7.98. The maximum atomic E-state index is 14.9. The molecule has 0 saturated carbocycles. The van der Waals surface area contributed by atoms with Gasteiger partial charge in [0.25, 0.3) is 5.92 Å². The number of hydrogen-bond acceptors (Lipinski definition) is 3. The van der Waals surface area contributed by atoms with Crippen LogP contribution in [0.2, 0.25) is 0 Å². The van der Waals surface area contributed by atoms with Gasteiger partial charge < -0.3 is 10.0 Å². The number of phenols is 1. The van der Waals surface area contributed by atoms with Crippen molar-refractivity contribution in [3.8, 4) is 5.75 Å². The topological polar surface area (TPSA) is 43.8 Å². The van der Waals surface area contributed by atoms with E-state index >= 15 is 0 Å². The Hall–Kier alpha value is -2.61. The standard InChI is InChI=1S/C22H22F4N2O2/c23-18-6-1-14(11-19(18)24)12-27-10-8-20(21(27)30)28-9-7-17(22(25,26)13-28)15-2-4-16(29)5-3-15/h1-6,11,17,20,29H,7-10,12-13H2. The summed E-state index contributed by atoms with van der Waals surface area (Å²) in [5, 5.41) is 9.38. The summed E-state index contributed by atoms with van der Waals surface area (Å²) in [4.78, 5) is 15.8. The number of alkyl halides is 2. The predicted molar refractivity (Wildman–Crippen MR) is 102 cm³/mol. The van der Waals surface area contributed by atoms with Crippen LogP contribution in [0.4, 0.5) is 17.6 Å². The van der Waals surface area contributed by atoms with Crippen LogP contribution in [0, 0.1) is 11.6 Å². The minimum atomic E-state index is -3.01. The Morgan fingerprint density at radius 2 is 1.73 bits per heavy atom. The Morgan fingerprint density at radius 1 is 1.00 bits per heavy atom. The Bertz CT molecular complexity index is 935. The summed E-state index contributed by atoms with van der Waals surface area (Å²) in [5.74, 6) is -6.15. The molecule has 4 nitrogen and oxygen atoms in total. The predicted octanol–water partition coefficient (Wildman–Crippen LogP) is 3.90. The van der Waals surface area contributed by atoms with E-state index in [2.05, 4.69) is 0 Å². The molecular weight excluding hydrogens is 400 g/mol. The second-order valence-corrected chi connectivity index (χ2v) is 7.98. The molecule has 2 atom stereocenters. The lowest BCUT2D eigenvalue weighted by molar-refractivity contribution is -0.138. The molecule has 2 aromatic rings. The Kier molecular flexibility index (Phi) is 5.44. The molecule has 2 aliphatic rings. The fraction of sp³-hybridized carbons (Fsp3) is 0.409. The van der Waals surface area contributed by atoms with E-state index in [4.69, 9.17) is 0 Å². The zero-order chi connectivity index (χ0) is 21.5. The van der Waals surface area contributed by atoms with Crippen molar-refractivity contribution < 1.29 is 27.5 Å². The number of rotatable bonds is 4. The highest BCUT2D eigenvalue weighted by atomic mass is 19.3. The third kappa shape index (κ3) is 4.01. The first-order valence-electron chi connectivity index (χ1n) is 9.88. The molecule has 8 heteroatoms. The average Bonchev–Trinajstić information content (AvgIpc) is 3.05. The molecule has 2 aromatic carbocycles. The van der Waals surface area contributed by atoms with Crippen molar-refractivity contribution in [1.82, 2.24) is 9.80 Å². The molecule has 2 unspecified atom stereocenters. The molecule has 0 aliphatic carbocycles. The van der Waals surface area contributed by atoms with Crippen LogP contribution in [0.25, 0.3) is 0 Å². The van der Waals surface area contributed by atoms with Gasteiger partial charge in [0.2, 0.25) is 5.91 Å². The van der Waals surface area contributed by atoms with Crippen LogP contribution < -0.4 is 0 Å². The fourth-order valence-electron chi connectivity index (χ4n) is 4.43. The van der Waals surface area contributed by atoms with E-state index in [-0.39, 0.29) is 24.6 Å². The van der Waals surface area contributed by atoms with Gasteiger partial charge in [-0.05, 0) is 54.8 Å². The summed E-state index contributed by atoms with van der Waals surface area (Å²) in [6.45, 7) is 0.337. The first-order chi connectivity index (χ1) is 14.2. The lowest BCUT2D eigenvalue weighted by Gasteiger charge is -2.40. The second kappa shape index (κ2) is 7.91. The number of carbonyl (C=O) groups is 1. The van der Waals surface area contributed by atoms with E-state index in [1.807, 2.05) is 0 Å². The zero-order valence-electron chi connectivity index (χ0n) is 16.2. The summed E-state index contributed by atoms with van der Waals surface area (Å²) in [5.41, 5.74) is 0.925. The number of amides is 1. The van der Waals surface area contributed by atoms with Gasteiger partial charge >= 0.3 is 0 Å². The van der Waals surface area contributed by atoms with Crippen molar-refractivity contribution in [1.29, 1.82) is 0 Å². The molecular formula is C22H22F4N2O2. The summed E-state index contributed by atoms with van der Waals surface area (Å²) < 4.78 is 56.3. The van der Waals surface area contributed by atoms with Gasteiger partial charge in [0.1, 0.15) is 5.75 Å². The van der Waals surface area contributed by atoms with E-state index in [1.54, 1.807) is 0 Å². The molecule has 2 aliphatic heterocycles. The molecule has 0 radical (unpaired) electrons. The molecule has 0 bridgehead atoms. The van der Waals surface area contributed by atoms with E-state index in [0.29, 0.717) is 30.6 Å². The summed E-state index contributed by atoms with van der Waals surface area (Å²) in [6, 6.07) is 8.65. The maximum Gasteiger partial charge on any atom is 0.267 e. The Balaban J connectivity index is 1.42. The highest BCUT2D eigenvalue weighted by Gasteiger charge is 2.49. The monoisotopic (exact) mass is 422 g/mol. The van der Waals surface area contributed by atoms with Gasteiger partial charge in [-0.1, -0.05) is 18.2 Å². The fourth-order valence-corrected chi connectivity index (χ4v) is 4.43. The molecule has 160 valence electrons. The molecule has 30 heavy (non-hydrogen) atoms. The van der Waals surface area contributed by atoms with Crippen LogP contribution >= 0.6 is 0 Å². The van der Waals surface area contributed by atoms with Crippen LogP contribution in [0.1, 0.15) is 29.9 Å². The number of aromatic hydroxyl groups is 1. The third-order valence-electron chi connectivity index (χ3n) is 5.99. The lowest BCUT2D eigenvalue weighted by atomic mass is 9.85. The summed E-state index contributed by atoms with van der Waals surface area (Å²) >= 11 is 0. The Morgan fingerprint density at radius 3 is 2.40 bits per heavy atom. The molecule has 2 fully saturated rings. The van der Waals surface area contributed by atoms with Gasteiger partial charge in [-0.2, -0.15) is 0 Å². The summed E-state index contributed by atoms with van der Waals surface area (Å²) in [7, 11) is 0. The van der Waals surface area contributed by atoms with Gasteiger partial charge in [-0.25, -0.2) is 17.6 Å². The SMILES string of the molecule is O=C1C(N2CCC(c3ccc(O)cc3)C(F)(F)C2)CCN1Cc1ccc(F)c(F)c1. The number of halogens is 4. The molecule has 1 amide bonds. The molecule has 2 saturated heterocycles. The number of hydrogen-bond donors (Lipinski definition) is 1. The molecule has 2 heterocycles. The van der Waals surface area contributed by atoms with E-state index in [9.17, 15) is 27.5 Å². The number of phenolic OH excluding ortho intramolecular Hbond substituents is 1. The highest BCUT2D eigenvalue weighted by Crippen LogP contribution is 2.42. The van der Waals surface area contributed by atoms with Gasteiger partial charge in [0.15, 0.2) is 11.6 Å². The van der Waals surface area contributed by atoms with Crippen LogP contribution in [-0.2, 0) is 11.3 Å². The van der Waals surface area contributed by atoms with Crippen LogP contribution in [0.15, 0.2) is 42.5 Å². The van der Waals surface area contributed by atoms with Crippen molar-refractivity contribution in [2.24, 2.45) is 0 Å². The van der Waals surface area contributed by atoms with E-state index in [0.717, 1.165) is 12.1 Å². The van der Waals surface area contributed by atoms with Crippen LogP contribution in [0.3, 0.4) is 0 Å². The first-order valence-corrected chi connectivity index (χ1v) is 9.88. The quantitative estimate of drug-likeness (QED) is 0.761. The molecule has 1 N–H and O–H groups in total. The minimum Gasteiger partial charge on any atom is -0.508 e. The highest BCUT2D eigenvalue weighted by molar-refractivity contribution is 5.84. The van der Waals surface area contributed by atoms with Crippen molar-refractivity contribution in [2.45, 2.75) is 37.3 Å². The van der Waals surface area contributed by atoms with Crippen molar-refractivity contribution in [3.63, 3.8) is 0 Å². The number of benzene rings is 2. The first kappa shape index (κ1) is 20.7. The van der Waals surface area contributed by atoms with E-state index < -0.39 is 36.1 Å². The number of likely N-dealkylation sites (tertiary alicyclic amines) is 2. The van der Waals surface area contributed by atoms with Crippen LogP contribution in [-0.4, -0.2) is 52.4 Å². The Labute approximate surface area is 171 Å². The van der Waals surface area contributed by atoms with Gasteiger partial charge in [0, 0.05) is 13.1 Å². The van der Waals surface area contributed by atoms with Crippen molar-refractivity contribution >= 4 is 5.91 Å². The lowest BCUT2D eigenvalue weighted by Crippen LogP contribution is -2.53. The van der Waals surface area contributed by atoms with Gasteiger partial charge in [-0.3, -0.25) is 9.69 Å². The van der Waals surface area contributed by atoms with Crippen LogP contribution in [0.5, 0.6) is 5.75 Å². The number of nitrogens with zero attached hydrogens (tertiary/aromatic N) is 2. The molecule has 4 rings (SSSR count). The van der Waals surface area contributed by atoms with Crippen molar-refractivity contribution in [3.05, 3.63) is 65.2 Å².